The molecule has 0 heterocycles. The molecule has 5 nitrogen and oxygen atoms in total. The highest BCUT2D eigenvalue weighted by molar-refractivity contribution is 6.08. The predicted octanol–water partition coefficient (Wildman–Crippen LogP) is 5.12. The van der Waals surface area contributed by atoms with Gasteiger partial charge in [0, 0.05) is 16.8 Å². The van der Waals surface area contributed by atoms with Gasteiger partial charge in [-0.15, -0.1) is 0 Å². The van der Waals surface area contributed by atoms with Crippen molar-refractivity contribution < 1.29 is 18.7 Å². The number of halogens is 1. The van der Waals surface area contributed by atoms with Crippen molar-refractivity contribution in [2.45, 2.75) is 20.0 Å². The van der Waals surface area contributed by atoms with Crippen LogP contribution in [0.15, 0.2) is 72.8 Å². The van der Waals surface area contributed by atoms with Gasteiger partial charge in [0.1, 0.15) is 11.6 Å². The number of carbonyl (C=O) groups is 2. The molecule has 0 saturated heterocycles. The van der Waals surface area contributed by atoms with E-state index in [4.69, 9.17) is 4.74 Å². The lowest BCUT2D eigenvalue weighted by atomic mass is 10.1. The first-order chi connectivity index (χ1) is 13.9. The maximum Gasteiger partial charge on any atom is 0.255 e. The molecule has 0 spiro atoms. The van der Waals surface area contributed by atoms with Crippen molar-refractivity contribution in [3.05, 3.63) is 89.7 Å². The molecule has 0 aliphatic heterocycles. The van der Waals surface area contributed by atoms with Crippen LogP contribution >= 0.6 is 0 Å². The molecule has 0 saturated carbocycles. The zero-order valence-corrected chi connectivity index (χ0v) is 16.1. The van der Waals surface area contributed by atoms with Crippen LogP contribution in [0, 0.1) is 5.82 Å². The van der Waals surface area contributed by atoms with E-state index in [2.05, 4.69) is 10.6 Å². The number of amides is 2. The molecule has 3 aromatic carbocycles. The molecule has 3 rings (SSSR count). The van der Waals surface area contributed by atoms with Gasteiger partial charge in [0.2, 0.25) is 0 Å². The van der Waals surface area contributed by atoms with Crippen LogP contribution in [0.25, 0.3) is 0 Å². The van der Waals surface area contributed by atoms with Crippen LogP contribution in [0.1, 0.15) is 34.6 Å². The standard InChI is InChI=1S/C23H21FN2O3/c1-15(2)29-19-12-10-18(11-13-19)25-22(27)16-6-5-7-17(14-16)23(28)26-21-9-4-3-8-20(21)24/h3-15H,1-2H3,(H,25,27)(H,26,28). The van der Waals surface area contributed by atoms with Gasteiger partial charge in [-0.1, -0.05) is 18.2 Å². The largest absolute Gasteiger partial charge is 0.491 e. The van der Waals surface area contributed by atoms with Gasteiger partial charge in [0.15, 0.2) is 0 Å². The predicted molar refractivity (Wildman–Crippen MR) is 111 cm³/mol. The van der Waals surface area contributed by atoms with E-state index in [0.717, 1.165) is 0 Å². The summed E-state index contributed by atoms with van der Waals surface area (Å²) in [5.41, 5.74) is 1.25. The van der Waals surface area contributed by atoms with Gasteiger partial charge in [-0.2, -0.15) is 0 Å². The first-order valence-electron chi connectivity index (χ1n) is 9.16. The van der Waals surface area contributed by atoms with Crippen LogP contribution in [-0.4, -0.2) is 17.9 Å². The molecule has 2 amide bonds. The highest BCUT2D eigenvalue weighted by Gasteiger charge is 2.12. The molecule has 0 fully saturated rings. The third kappa shape index (κ3) is 5.42. The van der Waals surface area contributed by atoms with Gasteiger partial charge in [-0.25, -0.2) is 4.39 Å². The monoisotopic (exact) mass is 392 g/mol. The lowest BCUT2D eigenvalue weighted by Gasteiger charge is -2.11. The quantitative estimate of drug-likeness (QED) is 0.612. The summed E-state index contributed by atoms with van der Waals surface area (Å²) in [5, 5.41) is 5.28. The molecule has 29 heavy (non-hydrogen) atoms. The molecule has 0 aliphatic carbocycles. The molecule has 6 heteroatoms. The van der Waals surface area contributed by atoms with Gasteiger partial charge in [0.05, 0.1) is 11.8 Å². The fourth-order valence-corrected chi connectivity index (χ4v) is 2.65. The molecule has 0 bridgehead atoms. The number of nitrogens with one attached hydrogen (secondary N) is 2. The Bertz CT molecular complexity index is 1020. The summed E-state index contributed by atoms with van der Waals surface area (Å²) in [6.45, 7) is 3.87. The molecule has 148 valence electrons. The van der Waals surface area contributed by atoms with E-state index in [1.807, 2.05) is 13.8 Å². The first kappa shape index (κ1) is 20.1. The minimum Gasteiger partial charge on any atom is -0.491 e. The molecule has 0 unspecified atom stereocenters. The SMILES string of the molecule is CC(C)Oc1ccc(NC(=O)c2cccc(C(=O)Nc3ccccc3F)c2)cc1. The highest BCUT2D eigenvalue weighted by Crippen LogP contribution is 2.18. The van der Waals surface area contributed by atoms with Gasteiger partial charge in [-0.05, 0) is 68.4 Å². The Morgan fingerprint density at radius 3 is 2.07 bits per heavy atom. The second-order valence-corrected chi connectivity index (χ2v) is 6.66. The molecule has 2 N–H and O–H groups in total. The number of ether oxygens (including phenoxy) is 1. The molecule has 0 aliphatic rings. The second kappa shape index (κ2) is 9.01. The topological polar surface area (TPSA) is 67.4 Å². The summed E-state index contributed by atoms with van der Waals surface area (Å²) in [6, 6.07) is 19.1. The third-order valence-corrected chi connectivity index (χ3v) is 3.99. The van der Waals surface area contributed by atoms with Crippen LogP contribution in [0.2, 0.25) is 0 Å². The van der Waals surface area contributed by atoms with Gasteiger partial charge < -0.3 is 15.4 Å². The maximum atomic E-state index is 13.7. The summed E-state index contributed by atoms with van der Waals surface area (Å²) in [7, 11) is 0. The number of hydrogen-bond donors (Lipinski definition) is 2. The van der Waals surface area contributed by atoms with E-state index in [9.17, 15) is 14.0 Å². The fourth-order valence-electron chi connectivity index (χ4n) is 2.65. The van der Waals surface area contributed by atoms with E-state index < -0.39 is 11.7 Å². The van der Waals surface area contributed by atoms with Crippen LogP contribution in [0.4, 0.5) is 15.8 Å². The third-order valence-electron chi connectivity index (χ3n) is 3.99. The minimum absolute atomic E-state index is 0.0636. The van der Waals surface area contributed by atoms with Gasteiger partial charge >= 0.3 is 0 Å². The van der Waals surface area contributed by atoms with Crippen molar-refractivity contribution in [3.8, 4) is 5.75 Å². The van der Waals surface area contributed by atoms with Crippen molar-refractivity contribution >= 4 is 23.2 Å². The van der Waals surface area contributed by atoms with Gasteiger partial charge in [0.25, 0.3) is 11.8 Å². The number of hydrogen-bond acceptors (Lipinski definition) is 3. The average molecular weight is 392 g/mol. The summed E-state index contributed by atoms with van der Waals surface area (Å²) < 4.78 is 19.3. The minimum atomic E-state index is -0.528. The van der Waals surface area contributed by atoms with Gasteiger partial charge in [-0.3, -0.25) is 9.59 Å². The smallest absolute Gasteiger partial charge is 0.255 e. The van der Waals surface area contributed by atoms with Crippen LogP contribution in [0.5, 0.6) is 5.75 Å². The Morgan fingerprint density at radius 2 is 1.45 bits per heavy atom. The number of benzene rings is 3. The molecule has 0 atom stereocenters. The van der Waals surface area contributed by atoms with Crippen molar-refractivity contribution in [2.75, 3.05) is 10.6 Å². The highest BCUT2D eigenvalue weighted by atomic mass is 19.1. The summed E-state index contributed by atoms with van der Waals surface area (Å²) in [4.78, 5) is 24.9. The van der Waals surface area contributed by atoms with Crippen LogP contribution in [-0.2, 0) is 0 Å². The van der Waals surface area contributed by atoms with Crippen LogP contribution < -0.4 is 15.4 Å². The van der Waals surface area contributed by atoms with E-state index in [1.165, 1.54) is 24.3 Å². The molecular formula is C23H21FN2O3. The lowest BCUT2D eigenvalue weighted by Crippen LogP contribution is -2.16. The second-order valence-electron chi connectivity index (χ2n) is 6.66. The van der Waals surface area contributed by atoms with E-state index >= 15 is 0 Å². The number of anilines is 2. The normalized spacial score (nSPS) is 10.5. The number of carbonyl (C=O) groups excluding carboxylic acids is 2. The van der Waals surface area contributed by atoms with E-state index in [0.29, 0.717) is 17.0 Å². The Hall–Kier alpha value is -3.67. The molecule has 3 aromatic rings. The van der Waals surface area contributed by atoms with Crippen LogP contribution in [0.3, 0.4) is 0 Å². The summed E-state index contributed by atoms with van der Waals surface area (Å²) in [5.74, 6) is -0.674. The number of para-hydroxylation sites is 1. The Balaban J connectivity index is 1.69. The van der Waals surface area contributed by atoms with E-state index in [-0.39, 0.29) is 23.3 Å². The summed E-state index contributed by atoms with van der Waals surface area (Å²) in [6.07, 6.45) is 0.0636. The maximum absolute atomic E-state index is 13.7. The van der Waals surface area contributed by atoms with Crippen molar-refractivity contribution in [2.24, 2.45) is 0 Å². The zero-order valence-electron chi connectivity index (χ0n) is 16.1. The fraction of sp³-hybridized carbons (Fsp3) is 0.130. The number of rotatable bonds is 6. The average Bonchev–Trinajstić information content (AvgIpc) is 2.71. The molecule has 0 radical (unpaired) electrons. The molecular weight excluding hydrogens is 371 g/mol. The van der Waals surface area contributed by atoms with E-state index in [1.54, 1.807) is 48.5 Å². The zero-order chi connectivity index (χ0) is 20.8. The van der Waals surface area contributed by atoms with Crippen molar-refractivity contribution in [3.63, 3.8) is 0 Å². The lowest BCUT2D eigenvalue weighted by molar-refractivity contribution is 0.102. The Morgan fingerprint density at radius 1 is 0.828 bits per heavy atom. The first-order valence-corrected chi connectivity index (χ1v) is 9.16. The van der Waals surface area contributed by atoms with Crippen molar-refractivity contribution in [1.82, 2.24) is 0 Å². The molecule has 0 aromatic heterocycles. The Kier molecular flexibility index (Phi) is 6.24. The summed E-state index contributed by atoms with van der Waals surface area (Å²) >= 11 is 0. The van der Waals surface area contributed by atoms with Crippen molar-refractivity contribution in [1.29, 1.82) is 0 Å². The Labute approximate surface area is 168 Å².